The highest BCUT2D eigenvalue weighted by Crippen LogP contribution is 2.13. The number of rotatable bonds is 8. The molecule has 2 amide bonds. The Kier molecular flexibility index (Phi) is 8.44. The highest BCUT2D eigenvalue weighted by atomic mass is 79.9. The van der Waals surface area contributed by atoms with Crippen LogP contribution in [-0.4, -0.2) is 78.1 Å². The largest absolute Gasteiger partial charge is 0.342 e. The van der Waals surface area contributed by atoms with E-state index in [-0.39, 0.29) is 30.4 Å². The molecule has 0 bridgehead atoms. The summed E-state index contributed by atoms with van der Waals surface area (Å²) in [5, 5.41) is 0. The van der Waals surface area contributed by atoms with Crippen molar-refractivity contribution < 1.29 is 14.4 Å². The maximum Gasteiger partial charge on any atom is 0.236 e. The first-order valence-corrected chi connectivity index (χ1v) is 10.3. The first-order chi connectivity index (χ1) is 12.9. The van der Waals surface area contributed by atoms with Crippen LogP contribution in [0.1, 0.15) is 37.0 Å². The molecule has 1 fully saturated rings. The van der Waals surface area contributed by atoms with Crippen molar-refractivity contribution in [1.29, 1.82) is 0 Å². The molecule has 0 radical (unpaired) electrons. The number of hydrogen-bond donors (Lipinski definition) is 0. The predicted octanol–water partition coefficient (Wildman–Crippen LogP) is 2.42. The molecule has 0 atom stereocenters. The van der Waals surface area contributed by atoms with Gasteiger partial charge < -0.3 is 9.80 Å². The molecule has 1 saturated heterocycles. The molecule has 27 heavy (non-hydrogen) atoms. The number of amides is 2. The summed E-state index contributed by atoms with van der Waals surface area (Å²) in [5.41, 5.74) is 0.630. The van der Waals surface area contributed by atoms with E-state index in [1.54, 1.807) is 17.0 Å². The van der Waals surface area contributed by atoms with Crippen LogP contribution < -0.4 is 0 Å². The summed E-state index contributed by atoms with van der Waals surface area (Å²) in [5.74, 6) is 0.134. The Morgan fingerprint density at radius 2 is 1.56 bits per heavy atom. The number of halogens is 1. The van der Waals surface area contributed by atoms with Gasteiger partial charge >= 0.3 is 0 Å². The van der Waals surface area contributed by atoms with Crippen LogP contribution in [0.25, 0.3) is 0 Å². The van der Waals surface area contributed by atoms with E-state index in [9.17, 15) is 14.4 Å². The third kappa shape index (κ3) is 6.43. The zero-order valence-electron chi connectivity index (χ0n) is 16.1. The van der Waals surface area contributed by atoms with Crippen LogP contribution in [0, 0.1) is 0 Å². The number of piperazine rings is 1. The van der Waals surface area contributed by atoms with Crippen molar-refractivity contribution in [3.63, 3.8) is 0 Å². The lowest BCUT2D eigenvalue weighted by atomic mass is 10.1. The van der Waals surface area contributed by atoms with Crippen LogP contribution in [0.5, 0.6) is 0 Å². The Morgan fingerprint density at radius 3 is 2.11 bits per heavy atom. The van der Waals surface area contributed by atoms with E-state index < -0.39 is 0 Å². The van der Waals surface area contributed by atoms with E-state index in [1.807, 2.05) is 30.9 Å². The molecular formula is C20H28BrN3O3. The standard InChI is InChI=1S/C20H28BrN3O3/c1-3-23(4-2)20(27)15-22-11-13-24(14-12-22)19(26)10-9-18(25)16-5-7-17(21)8-6-16/h5-8H,3-4,9-15H2,1-2H3. The second-order valence-corrected chi connectivity index (χ2v) is 7.57. The molecule has 0 aliphatic carbocycles. The van der Waals surface area contributed by atoms with Gasteiger partial charge in [-0.25, -0.2) is 0 Å². The van der Waals surface area contributed by atoms with E-state index in [2.05, 4.69) is 20.8 Å². The normalized spacial score (nSPS) is 14.9. The second kappa shape index (κ2) is 10.6. The van der Waals surface area contributed by atoms with Crippen molar-refractivity contribution in [1.82, 2.24) is 14.7 Å². The fraction of sp³-hybridized carbons (Fsp3) is 0.550. The molecule has 148 valence electrons. The quantitative estimate of drug-likeness (QED) is 0.585. The van der Waals surface area contributed by atoms with Crippen LogP contribution in [0.2, 0.25) is 0 Å². The summed E-state index contributed by atoms with van der Waals surface area (Å²) in [4.78, 5) is 42.5. The molecule has 2 rings (SSSR count). The maximum atomic E-state index is 12.4. The topological polar surface area (TPSA) is 60.9 Å². The summed E-state index contributed by atoms with van der Waals surface area (Å²) >= 11 is 3.34. The van der Waals surface area contributed by atoms with Crippen LogP contribution in [0.15, 0.2) is 28.7 Å². The molecule has 0 spiro atoms. The molecule has 6 nitrogen and oxygen atoms in total. The molecular weight excluding hydrogens is 410 g/mol. The highest BCUT2D eigenvalue weighted by Gasteiger charge is 2.23. The molecule has 1 aromatic rings. The minimum Gasteiger partial charge on any atom is -0.342 e. The molecule has 0 aromatic heterocycles. The first-order valence-electron chi connectivity index (χ1n) is 9.51. The van der Waals surface area contributed by atoms with E-state index in [0.29, 0.717) is 38.3 Å². The molecule has 0 saturated carbocycles. The second-order valence-electron chi connectivity index (χ2n) is 6.65. The Bertz CT molecular complexity index is 651. The molecule has 0 N–H and O–H groups in total. The fourth-order valence-electron chi connectivity index (χ4n) is 3.18. The molecule has 1 aliphatic rings. The summed E-state index contributed by atoms with van der Waals surface area (Å²) in [6.45, 7) is 8.42. The SMILES string of the molecule is CCN(CC)C(=O)CN1CCN(C(=O)CCC(=O)c2ccc(Br)cc2)CC1. The van der Waals surface area contributed by atoms with Gasteiger partial charge in [0.1, 0.15) is 0 Å². The van der Waals surface area contributed by atoms with Gasteiger partial charge in [0.05, 0.1) is 6.54 Å². The van der Waals surface area contributed by atoms with Gasteiger partial charge in [-0.3, -0.25) is 19.3 Å². The van der Waals surface area contributed by atoms with Crippen molar-refractivity contribution in [2.45, 2.75) is 26.7 Å². The highest BCUT2D eigenvalue weighted by molar-refractivity contribution is 9.10. The number of carbonyl (C=O) groups is 3. The Labute approximate surface area is 169 Å². The minimum atomic E-state index is -0.0145. The summed E-state index contributed by atoms with van der Waals surface area (Å²) in [7, 11) is 0. The first kappa shape index (κ1) is 21.6. The van der Waals surface area contributed by atoms with Gasteiger partial charge in [-0.15, -0.1) is 0 Å². The van der Waals surface area contributed by atoms with Crippen molar-refractivity contribution in [2.24, 2.45) is 0 Å². The summed E-state index contributed by atoms with van der Waals surface area (Å²) in [6.07, 6.45) is 0.453. The van der Waals surface area contributed by atoms with Crippen LogP contribution in [-0.2, 0) is 9.59 Å². The number of likely N-dealkylation sites (N-methyl/N-ethyl adjacent to an activating group) is 1. The number of ketones is 1. The lowest BCUT2D eigenvalue weighted by Crippen LogP contribution is -2.51. The number of Topliss-reactive ketones (excluding diaryl/α,β-unsaturated/α-hetero) is 1. The smallest absolute Gasteiger partial charge is 0.236 e. The van der Waals surface area contributed by atoms with Gasteiger partial charge in [0.25, 0.3) is 0 Å². The average molecular weight is 438 g/mol. The van der Waals surface area contributed by atoms with Crippen molar-refractivity contribution >= 4 is 33.5 Å². The number of hydrogen-bond acceptors (Lipinski definition) is 4. The molecule has 0 unspecified atom stereocenters. The zero-order chi connectivity index (χ0) is 19.8. The Balaban J connectivity index is 1.73. The number of nitrogens with zero attached hydrogens (tertiary/aromatic N) is 3. The van der Waals surface area contributed by atoms with Crippen LogP contribution in [0.3, 0.4) is 0 Å². The minimum absolute atomic E-state index is 0.00943. The summed E-state index contributed by atoms with van der Waals surface area (Å²) in [6, 6.07) is 7.19. The third-order valence-electron chi connectivity index (χ3n) is 4.93. The summed E-state index contributed by atoms with van der Waals surface area (Å²) < 4.78 is 0.924. The van der Waals surface area contributed by atoms with E-state index in [4.69, 9.17) is 0 Å². The molecule has 1 aromatic carbocycles. The van der Waals surface area contributed by atoms with E-state index in [0.717, 1.165) is 17.6 Å². The Hall–Kier alpha value is -1.73. The molecule has 1 aliphatic heterocycles. The van der Waals surface area contributed by atoms with Crippen LogP contribution in [0.4, 0.5) is 0 Å². The fourth-order valence-corrected chi connectivity index (χ4v) is 3.45. The van der Waals surface area contributed by atoms with Crippen molar-refractivity contribution in [3.8, 4) is 0 Å². The molecule has 7 heteroatoms. The molecule has 1 heterocycles. The van der Waals surface area contributed by atoms with Crippen molar-refractivity contribution in [3.05, 3.63) is 34.3 Å². The van der Waals surface area contributed by atoms with Gasteiger partial charge in [0.15, 0.2) is 5.78 Å². The number of benzene rings is 1. The Morgan fingerprint density at radius 1 is 0.963 bits per heavy atom. The monoisotopic (exact) mass is 437 g/mol. The predicted molar refractivity (Wildman–Crippen MR) is 109 cm³/mol. The third-order valence-corrected chi connectivity index (χ3v) is 5.46. The van der Waals surface area contributed by atoms with Gasteiger partial charge in [-0.2, -0.15) is 0 Å². The van der Waals surface area contributed by atoms with E-state index in [1.165, 1.54) is 0 Å². The van der Waals surface area contributed by atoms with Gasteiger partial charge in [-0.05, 0) is 26.0 Å². The average Bonchev–Trinajstić information content (AvgIpc) is 2.68. The maximum absolute atomic E-state index is 12.4. The van der Waals surface area contributed by atoms with Gasteiger partial charge in [0, 0.05) is 62.1 Å². The zero-order valence-corrected chi connectivity index (χ0v) is 17.7. The van der Waals surface area contributed by atoms with Gasteiger partial charge in [0.2, 0.25) is 11.8 Å². The van der Waals surface area contributed by atoms with E-state index >= 15 is 0 Å². The van der Waals surface area contributed by atoms with Gasteiger partial charge in [-0.1, -0.05) is 28.1 Å². The number of carbonyl (C=O) groups excluding carboxylic acids is 3. The van der Waals surface area contributed by atoms with Crippen LogP contribution >= 0.6 is 15.9 Å². The lowest BCUT2D eigenvalue weighted by Gasteiger charge is -2.35. The van der Waals surface area contributed by atoms with Crippen molar-refractivity contribution in [2.75, 3.05) is 45.8 Å². The lowest BCUT2D eigenvalue weighted by molar-refractivity contribution is -0.135.